The molecule has 1 atom stereocenters. The quantitative estimate of drug-likeness (QED) is 0.562. The number of aliphatic hydroxyl groups is 2. The minimum Gasteiger partial charge on any atom is -0.392 e. The molecule has 2 N–H and O–H groups in total. The van der Waals surface area contributed by atoms with Crippen molar-refractivity contribution < 1.29 is 18.6 Å². The first-order valence-electron chi connectivity index (χ1n) is 11.3. The average Bonchev–Trinajstić information content (AvgIpc) is 3.56. The van der Waals surface area contributed by atoms with Crippen LogP contribution in [0.2, 0.25) is 0 Å². The maximum atomic E-state index is 12.3. The summed E-state index contributed by atoms with van der Waals surface area (Å²) in [5.74, 6) is 2.06. The molecule has 0 unspecified atom stereocenters. The molecule has 3 aromatic rings. The van der Waals surface area contributed by atoms with Crippen molar-refractivity contribution in [2.45, 2.75) is 63.3 Å². The number of anilines is 1. The number of nitrogens with zero attached hydrogens (tertiary/aromatic N) is 5. The lowest BCUT2D eigenvalue weighted by molar-refractivity contribution is 0.278. The van der Waals surface area contributed by atoms with Gasteiger partial charge in [-0.1, -0.05) is 13.8 Å². The molecule has 1 aliphatic heterocycles. The molecule has 1 saturated carbocycles. The molecule has 0 radical (unpaired) electrons. The van der Waals surface area contributed by atoms with Crippen LogP contribution in [0, 0.1) is 5.92 Å². The lowest BCUT2D eigenvalue weighted by Crippen LogP contribution is -2.42. The summed E-state index contributed by atoms with van der Waals surface area (Å²) in [7, 11) is -3.49. The molecule has 1 aliphatic carbocycles. The Morgan fingerprint density at radius 1 is 1.09 bits per heavy atom. The van der Waals surface area contributed by atoms with Crippen LogP contribution in [0.5, 0.6) is 0 Å². The van der Waals surface area contributed by atoms with Crippen molar-refractivity contribution in [3.8, 4) is 0 Å². The summed E-state index contributed by atoms with van der Waals surface area (Å²) in [6.45, 7) is 5.08. The highest BCUT2D eigenvalue weighted by atomic mass is 32.2. The van der Waals surface area contributed by atoms with E-state index in [4.69, 9.17) is 9.97 Å². The van der Waals surface area contributed by atoms with Gasteiger partial charge in [0, 0.05) is 37.0 Å². The number of imidazole rings is 1. The number of aromatic nitrogens is 4. The molecule has 2 aliphatic rings. The SMILES string of the molecule is CC(C)[C@@H]1c2nc3cc(CO)c(S(C)(=O)=O)cc3n2CCN1c1ncc(CO)c(C2CC2)n1. The second-order valence-corrected chi connectivity index (χ2v) is 11.4. The summed E-state index contributed by atoms with van der Waals surface area (Å²) in [6.07, 6.45) is 5.06. The second kappa shape index (κ2) is 8.03. The number of hydrogen-bond donors (Lipinski definition) is 2. The van der Waals surface area contributed by atoms with E-state index in [1.807, 2.05) is 0 Å². The number of benzene rings is 1. The van der Waals surface area contributed by atoms with E-state index in [1.165, 1.54) is 0 Å². The van der Waals surface area contributed by atoms with Crippen molar-refractivity contribution in [3.63, 3.8) is 0 Å². The number of hydrogen-bond acceptors (Lipinski definition) is 8. The minimum atomic E-state index is -3.49. The summed E-state index contributed by atoms with van der Waals surface area (Å²) < 4.78 is 26.7. The van der Waals surface area contributed by atoms with Crippen molar-refractivity contribution in [1.29, 1.82) is 0 Å². The molecule has 3 heterocycles. The predicted molar refractivity (Wildman–Crippen MR) is 124 cm³/mol. The first-order chi connectivity index (χ1) is 15.7. The largest absolute Gasteiger partial charge is 0.392 e. The lowest BCUT2D eigenvalue weighted by Gasteiger charge is -2.38. The summed E-state index contributed by atoms with van der Waals surface area (Å²) in [5.41, 5.74) is 3.51. The van der Waals surface area contributed by atoms with Crippen LogP contribution in [0.1, 0.15) is 61.3 Å². The van der Waals surface area contributed by atoms with Crippen LogP contribution < -0.4 is 4.90 Å². The van der Waals surface area contributed by atoms with E-state index in [2.05, 4.69) is 28.3 Å². The number of rotatable bonds is 6. The molecule has 1 aromatic carbocycles. The van der Waals surface area contributed by atoms with Gasteiger partial charge >= 0.3 is 0 Å². The standard InChI is InChI=1S/C23H29N5O4S/c1-13(2)21-22-25-17-8-15(11-29)19(33(3,31)32)9-18(17)27(22)6-7-28(21)23-24-10-16(12-30)20(26-23)14-4-5-14/h8-10,13-14,21,29-30H,4-7,11-12H2,1-3H3/t21-/m1/s1. The van der Waals surface area contributed by atoms with Gasteiger partial charge in [-0.25, -0.2) is 23.4 Å². The monoisotopic (exact) mass is 471 g/mol. The highest BCUT2D eigenvalue weighted by Crippen LogP contribution is 2.42. The normalized spacial score (nSPS) is 18.8. The maximum Gasteiger partial charge on any atom is 0.226 e. The Balaban J connectivity index is 1.63. The van der Waals surface area contributed by atoms with Crippen molar-refractivity contribution >= 4 is 26.8 Å². The van der Waals surface area contributed by atoms with Gasteiger partial charge in [0.25, 0.3) is 0 Å². The lowest BCUT2D eigenvalue weighted by atomic mass is 10.00. The van der Waals surface area contributed by atoms with Crippen LogP contribution in [-0.4, -0.2) is 51.0 Å². The van der Waals surface area contributed by atoms with E-state index < -0.39 is 9.84 Å². The molecule has 2 aromatic heterocycles. The highest BCUT2D eigenvalue weighted by molar-refractivity contribution is 7.90. The third kappa shape index (κ3) is 3.79. The molecule has 9 nitrogen and oxygen atoms in total. The fraction of sp³-hybridized carbons (Fsp3) is 0.522. The zero-order chi connectivity index (χ0) is 23.5. The third-order valence-corrected chi connectivity index (χ3v) is 7.78. The van der Waals surface area contributed by atoms with Gasteiger partial charge < -0.3 is 19.7 Å². The molecule has 176 valence electrons. The summed E-state index contributed by atoms with van der Waals surface area (Å²) in [6, 6.07) is 3.21. The summed E-state index contributed by atoms with van der Waals surface area (Å²) >= 11 is 0. The summed E-state index contributed by atoms with van der Waals surface area (Å²) in [5, 5.41) is 19.5. The van der Waals surface area contributed by atoms with Crippen molar-refractivity contribution in [3.05, 3.63) is 41.0 Å². The molecule has 5 rings (SSSR count). The fourth-order valence-corrected chi connectivity index (χ4v) is 5.82. The summed E-state index contributed by atoms with van der Waals surface area (Å²) in [4.78, 5) is 16.6. The van der Waals surface area contributed by atoms with E-state index in [0.717, 1.165) is 41.7 Å². The Hall–Kier alpha value is -2.56. The number of aliphatic hydroxyl groups excluding tert-OH is 2. The van der Waals surface area contributed by atoms with Gasteiger partial charge in [0.2, 0.25) is 5.95 Å². The van der Waals surface area contributed by atoms with Crippen molar-refractivity contribution in [2.75, 3.05) is 17.7 Å². The van der Waals surface area contributed by atoms with E-state index in [0.29, 0.717) is 36.0 Å². The van der Waals surface area contributed by atoms with Crippen LogP contribution in [0.15, 0.2) is 23.2 Å². The Labute approximate surface area is 193 Å². The average molecular weight is 472 g/mol. The molecular weight excluding hydrogens is 442 g/mol. The van der Waals surface area contributed by atoms with Gasteiger partial charge in [-0.2, -0.15) is 0 Å². The molecule has 33 heavy (non-hydrogen) atoms. The van der Waals surface area contributed by atoms with Crippen molar-refractivity contribution in [1.82, 2.24) is 19.5 Å². The second-order valence-electron chi connectivity index (χ2n) is 9.40. The van der Waals surface area contributed by atoms with E-state index in [-0.39, 0.29) is 30.1 Å². The smallest absolute Gasteiger partial charge is 0.226 e. The Morgan fingerprint density at radius 3 is 2.42 bits per heavy atom. The minimum absolute atomic E-state index is 0.0641. The third-order valence-electron chi connectivity index (χ3n) is 6.60. The predicted octanol–water partition coefficient (Wildman–Crippen LogP) is 2.31. The molecule has 10 heteroatoms. The van der Waals surface area contributed by atoms with Crippen LogP contribution in [0.4, 0.5) is 5.95 Å². The molecule has 0 amide bonds. The number of sulfone groups is 1. The van der Waals surface area contributed by atoms with Gasteiger partial charge in [-0.15, -0.1) is 0 Å². The van der Waals surface area contributed by atoms with E-state index in [1.54, 1.807) is 18.3 Å². The van der Waals surface area contributed by atoms with Crippen LogP contribution >= 0.6 is 0 Å². The Morgan fingerprint density at radius 2 is 1.82 bits per heavy atom. The highest BCUT2D eigenvalue weighted by Gasteiger charge is 2.36. The molecule has 0 spiro atoms. The van der Waals surface area contributed by atoms with Crippen LogP contribution in [0.3, 0.4) is 0 Å². The van der Waals surface area contributed by atoms with Crippen LogP contribution in [0.25, 0.3) is 11.0 Å². The first-order valence-corrected chi connectivity index (χ1v) is 13.2. The Bertz CT molecular complexity index is 1330. The van der Waals surface area contributed by atoms with Gasteiger partial charge in [0.1, 0.15) is 5.82 Å². The zero-order valence-electron chi connectivity index (χ0n) is 19.1. The molecule has 0 saturated heterocycles. The van der Waals surface area contributed by atoms with E-state index >= 15 is 0 Å². The van der Waals surface area contributed by atoms with Gasteiger partial charge in [-0.05, 0) is 36.5 Å². The van der Waals surface area contributed by atoms with Gasteiger partial charge in [0.15, 0.2) is 9.84 Å². The number of fused-ring (bicyclic) bond motifs is 3. The molecular formula is C23H29N5O4S. The Kier molecular flexibility index (Phi) is 5.42. The van der Waals surface area contributed by atoms with Crippen LogP contribution in [-0.2, 0) is 29.6 Å². The van der Waals surface area contributed by atoms with Gasteiger partial charge in [0.05, 0.1) is 40.9 Å². The first kappa shape index (κ1) is 22.2. The molecule has 1 fully saturated rings. The molecule has 0 bridgehead atoms. The van der Waals surface area contributed by atoms with Gasteiger partial charge in [-0.3, -0.25) is 0 Å². The fourth-order valence-electron chi connectivity index (χ4n) is 4.89. The van der Waals surface area contributed by atoms with E-state index in [9.17, 15) is 18.6 Å². The maximum absolute atomic E-state index is 12.3. The topological polar surface area (TPSA) is 121 Å². The van der Waals surface area contributed by atoms with Crippen molar-refractivity contribution in [2.24, 2.45) is 5.92 Å². The zero-order valence-corrected chi connectivity index (χ0v) is 19.9.